The topological polar surface area (TPSA) is 29.1 Å². The van der Waals surface area contributed by atoms with E-state index < -0.39 is 0 Å². The van der Waals surface area contributed by atoms with Crippen molar-refractivity contribution in [3.05, 3.63) is 69.7 Å². The highest BCUT2D eigenvalue weighted by molar-refractivity contribution is 6.30. The van der Waals surface area contributed by atoms with Crippen LogP contribution in [0.25, 0.3) is 0 Å². The van der Waals surface area contributed by atoms with Crippen LogP contribution in [0.2, 0.25) is 10.0 Å². The summed E-state index contributed by atoms with van der Waals surface area (Å²) >= 11 is 11.8. The Bertz CT molecular complexity index is 667. The third-order valence-electron chi connectivity index (χ3n) is 4.37. The van der Waals surface area contributed by atoms with Gasteiger partial charge < -0.3 is 5.32 Å². The van der Waals surface area contributed by atoms with Crippen molar-refractivity contribution in [2.75, 3.05) is 0 Å². The lowest BCUT2D eigenvalue weighted by Gasteiger charge is -2.29. The third kappa shape index (κ3) is 4.49. The Morgan fingerprint density at radius 1 is 0.826 bits per heavy atom. The maximum Gasteiger partial charge on any atom is 0.223 e. The second-order valence-electron chi connectivity index (χ2n) is 6.14. The summed E-state index contributed by atoms with van der Waals surface area (Å²) in [6, 6.07) is 15.8. The molecule has 0 spiro atoms. The number of amides is 1. The number of hydrogen-bond acceptors (Lipinski definition) is 1. The Morgan fingerprint density at radius 3 is 1.87 bits per heavy atom. The van der Waals surface area contributed by atoms with Gasteiger partial charge in [0, 0.05) is 22.0 Å². The summed E-state index contributed by atoms with van der Waals surface area (Å²) in [6.07, 6.45) is 3.56. The van der Waals surface area contributed by atoms with Crippen molar-refractivity contribution in [2.45, 2.75) is 31.7 Å². The molecule has 2 atom stereocenters. The van der Waals surface area contributed by atoms with Gasteiger partial charge in [0.05, 0.1) is 0 Å². The maximum atomic E-state index is 12.4. The van der Waals surface area contributed by atoms with Gasteiger partial charge in [-0.25, -0.2) is 0 Å². The summed E-state index contributed by atoms with van der Waals surface area (Å²) in [6.45, 7) is 0. The third-order valence-corrected chi connectivity index (χ3v) is 4.88. The standard InChI is InChI=1S/C19H19Cl2NO/c20-16-6-1-13(2-7-16)11-15-5-10-18(22-19(15)23)12-14-3-8-17(21)9-4-14/h1-4,6-9,15,18H,5,10-12H2,(H,22,23)/t15-,18?/m0/s1. The van der Waals surface area contributed by atoms with Crippen molar-refractivity contribution < 1.29 is 4.79 Å². The molecule has 1 aliphatic heterocycles. The number of hydrogen-bond donors (Lipinski definition) is 1. The Labute approximate surface area is 146 Å². The SMILES string of the molecule is O=C1NC(Cc2ccc(Cl)cc2)CC[C@H]1Cc1ccc(Cl)cc1. The fraction of sp³-hybridized carbons (Fsp3) is 0.316. The molecule has 23 heavy (non-hydrogen) atoms. The summed E-state index contributed by atoms with van der Waals surface area (Å²) in [5, 5.41) is 4.63. The lowest BCUT2D eigenvalue weighted by atomic mass is 9.87. The van der Waals surface area contributed by atoms with Crippen LogP contribution in [0.5, 0.6) is 0 Å². The van der Waals surface area contributed by atoms with E-state index in [-0.39, 0.29) is 17.9 Å². The molecular weight excluding hydrogens is 329 g/mol. The molecule has 4 heteroatoms. The summed E-state index contributed by atoms with van der Waals surface area (Å²) < 4.78 is 0. The molecule has 1 aliphatic rings. The van der Waals surface area contributed by atoms with Gasteiger partial charge in [0.15, 0.2) is 0 Å². The van der Waals surface area contributed by atoms with Crippen LogP contribution in [0.4, 0.5) is 0 Å². The predicted molar refractivity (Wildman–Crippen MR) is 95.0 cm³/mol. The molecule has 2 aromatic rings. The molecule has 1 saturated heterocycles. The lowest BCUT2D eigenvalue weighted by Crippen LogP contribution is -2.45. The van der Waals surface area contributed by atoms with E-state index in [1.807, 2.05) is 48.5 Å². The zero-order chi connectivity index (χ0) is 16.2. The largest absolute Gasteiger partial charge is 0.353 e. The Kier molecular flexibility index (Phi) is 5.24. The van der Waals surface area contributed by atoms with Crippen molar-refractivity contribution >= 4 is 29.1 Å². The number of carbonyl (C=O) groups is 1. The van der Waals surface area contributed by atoms with Crippen LogP contribution in [0.1, 0.15) is 24.0 Å². The van der Waals surface area contributed by atoms with E-state index in [0.717, 1.165) is 41.3 Å². The lowest BCUT2D eigenvalue weighted by molar-refractivity contribution is -0.127. The van der Waals surface area contributed by atoms with Crippen LogP contribution in [0.15, 0.2) is 48.5 Å². The highest BCUT2D eigenvalue weighted by atomic mass is 35.5. The number of rotatable bonds is 4. The van der Waals surface area contributed by atoms with Crippen LogP contribution < -0.4 is 5.32 Å². The van der Waals surface area contributed by atoms with Crippen LogP contribution >= 0.6 is 23.2 Å². The second kappa shape index (κ2) is 7.37. The molecular formula is C19H19Cl2NO. The molecule has 1 unspecified atom stereocenters. The van der Waals surface area contributed by atoms with Crippen molar-refractivity contribution in [1.82, 2.24) is 5.32 Å². The van der Waals surface area contributed by atoms with Crippen LogP contribution in [0, 0.1) is 5.92 Å². The van der Waals surface area contributed by atoms with Crippen LogP contribution in [0.3, 0.4) is 0 Å². The minimum Gasteiger partial charge on any atom is -0.353 e. The summed E-state index contributed by atoms with van der Waals surface area (Å²) in [7, 11) is 0. The van der Waals surface area contributed by atoms with E-state index >= 15 is 0 Å². The summed E-state index contributed by atoms with van der Waals surface area (Å²) in [4.78, 5) is 12.4. The zero-order valence-electron chi connectivity index (χ0n) is 12.8. The van der Waals surface area contributed by atoms with E-state index in [4.69, 9.17) is 23.2 Å². The first-order valence-corrected chi connectivity index (χ1v) is 8.65. The molecule has 120 valence electrons. The fourth-order valence-corrected chi connectivity index (χ4v) is 3.33. The number of piperidine rings is 1. The first-order valence-electron chi connectivity index (χ1n) is 7.89. The summed E-state index contributed by atoms with van der Waals surface area (Å²) in [5.74, 6) is 0.211. The maximum absolute atomic E-state index is 12.4. The Morgan fingerprint density at radius 2 is 1.35 bits per heavy atom. The van der Waals surface area contributed by atoms with Gasteiger partial charge in [-0.05, 0) is 61.1 Å². The molecule has 1 heterocycles. The van der Waals surface area contributed by atoms with Gasteiger partial charge in [-0.3, -0.25) is 4.79 Å². The smallest absolute Gasteiger partial charge is 0.223 e. The number of carbonyl (C=O) groups excluding carboxylic acids is 1. The minimum atomic E-state index is 0.0534. The Hall–Kier alpha value is -1.51. The van der Waals surface area contributed by atoms with E-state index in [2.05, 4.69) is 5.32 Å². The molecule has 2 nitrogen and oxygen atoms in total. The van der Waals surface area contributed by atoms with Crippen molar-refractivity contribution in [1.29, 1.82) is 0 Å². The van der Waals surface area contributed by atoms with E-state index in [0.29, 0.717) is 0 Å². The van der Waals surface area contributed by atoms with E-state index in [1.54, 1.807) is 0 Å². The highest BCUT2D eigenvalue weighted by Gasteiger charge is 2.27. The van der Waals surface area contributed by atoms with Crippen LogP contribution in [-0.2, 0) is 17.6 Å². The van der Waals surface area contributed by atoms with Gasteiger partial charge >= 0.3 is 0 Å². The van der Waals surface area contributed by atoms with E-state index in [9.17, 15) is 4.79 Å². The molecule has 1 fully saturated rings. The molecule has 0 aliphatic carbocycles. The molecule has 0 bridgehead atoms. The summed E-state index contributed by atoms with van der Waals surface area (Å²) in [5.41, 5.74) is 2.36. The normalized spacial score (nSPS) is 21.0. The molecule has 1 N–H and O–H groups in total. The Balaban J connectivity index is 1.55. The predicted octanol–water partition coefficient (Wildman–Crippen LogP) is 4.67. The van der Waals surface area contributed by atoms with Crippen molar-refractivity contribution in [2.24, 2.45) is 5.92 Å². The average Bonchev–Trinajstić information content (AvgIpc) is 2.54. The number of nitrogens with one attached hydrogen (secondary N) is 1. The zero-order valence-corrected chi connectivity index (χ0v) is 14.3. The van der Waals surface area contributed by atoms with Crippen molar-refractivity contribution in [3.8, 4) is 0 Å². The second-order valence-corrected chi connectivity index (χ2v) is 7.01. The average molecular weight is 348 g/mol. The minimum absolute atomic E-state index is 0.0534. The van der Waals surface area contributed by atoms with Crippen molar-refractivity contribution in [3.63, 3.8) is 0 Å². The number of halogens is 2. The molecule has 1 amide bonds. The van der Waals surface area contributed by atoms with Gasteiger partial charge in [0.2, 0.25) is 5.91 Å². The molecule has 3 rings (SSSR count). The highest BCUT2D eigenvalue weighted by Crippen LogP contribution is 2.23. The molecule has 0 radical (unpaired) electrons. The van der Waals surface area contributed by atoms with Gasteiger partial charge in [-0.1, -0.05) is 47.5 Å². The molecule has 0 aromatic heterocycles. The van der Waals surface area contributed by atoms with E-state index in [1.165, 1.54) is 5.56 Å². The number of benzene rings is 2. The quantitative estimate of drug-likeness (QED) is 0.855. The first kappa shape index (κ1) is 16.4. The van der Waals surface area contributed by atoms with Crippen LogP contribution in [-0.4, -0.2) is 11.9 Å². The first-order chi connectivity index (χ1) is 11.1. The van der Waals surface area contributed by atoms with Gasteiger partial charge in [-0.15, -0.1) is 0 Å². The van der Waals surface area contributed by atoms with Gasteiger partial charge in [0.25, 0.3) is 0 Å². The fourth-order valence-electron chi connectivity index (χ4n) is 3.08. The van der Waals surface area contributed by atoms with Gasteiger partial charge in [0.1, 0.15) is 0 Å². The monoisotopic (exact) mass is 347 g/mol. The molecule has 0 saturated carbocycles. The van der Waals surface area contributed by atoms with Gasteiger partial charge in [-0.2, -0.15) is 0 Å². The molecule has 2 aromatic carbocycles.